The number of H-pyrrole nitrogens is 1. The van der Waals surface area contributed by atoms with E-state index in [1.165, 1.54) is 28.4 Å². The minimum absolute atomic E-state index is 0. The summed E-state index contributed by atoms with van der Waals surface area (Å²) >= 11 is 40.5. The molecule has 14 aromatic rings. The van der Waals surface area contributed by atoms with Gasteiger partial charge in [0.15, 0.2) is 50.8 Å². The van der Waals surface area contributed by atoms with E-state index in [2.05, 4.69) is 141 Å². The van der Waals surface area contributed by atoms with Crippen molar-refractivity contribution < 1.29 is 107 Å². The number of ether oxygens (including phenoxy) is 8. The topological polar surface area (TPSA) is 422 Å². The van der Waals surface area contributed by atoms with Crippen LogP contribution in [-0.4, -0.2) is 131 Å². The van der Waals surface area contributed by atoms with E-state index in [1.807, 2.05) is 101 Å². The third-order valence-corrected chi connectivity index (χ3v) is 24.9. The van der Waals surface area contributed by atoms with Gasteiger partial charge < -0.3 is 95.1 Å². The molecule has 11 aromatic carbocycles. The van der Waals surface area contributed by atoms with Gasteiger partial charge in [0.1, 0.15) is 13.1 Å². The Morgan fingerprint density at radius 1 is 0.392 bits per heavy atom. The van der Waals surface area contributed by atoms with Gasteiger partial charge in [-0.15, -0.1) is 0 Å². The maximum absolute atomic E-state index is 13.2. The molecule has 12 N–H and O–H groups in total. The number of nitrogens with two attached hydrogens (primary N) is 2. The average molecular weight is 2300 g/mol. The average Bonchev–Trinajstić information content (AvgIpc) is 0.734. The van der Waals surface area contributed by atoms with E-state index in [-0.39, 0.29) is 110 Å². The fourth-order valence-corrected chi connectivity index (χ4v) is 16.9. The van der Waals surface area contributed by atoms with Crippen LogP contribution in [0.1, 0.15) is 166 Å². The second-order valence-corrected chi connectivity index (χ2v) is 41.0. The van der Waals surface area contributed by atoms with Gasteiger partial charge in [0.05, 0.1) is 171 Å². The van der Waals surface area contributed by atoms with Crippen LogP contribution < -0.4 is 80.4 Å². The third-order valence-electron chi connectivity index (χ3n) is 21.7. The van der Waals surface area contributed by atoms with Crippen molar-refractivity contribution in [3.05, 3.63) is 285 Å². The monoisotopic (exact) mass is 2300 g/mol. The molecule has 27 nitrogen and oxygen atoms in total. The molecule has 0 aliphatic rings. The molecule has 0 saturated heterocycles. The summed E-state index contributed by atoms with van der Waals surface area (Å²) in [6, 6.07) is 53.7. The summed E-state index contributed by atoms with van der Waals surface area (Å²) in [5, 5.41) is 36.7. The number of methoxy groups -OCH3 is 6. The quantitative estimate of drug-likeness (QED) is 0.0111. The van der Waals surface area contributed by atoms with E-state index in [0.717, 1.165) is 42.7 Å². The molecule has 0 aliphatic heterocycles. The molecule has 0 radical (unpaired) electrons. The molecule has 36 heteroatoms. The number of benzene rings is 11. The summed E-state index contributed by atoms with van der Waals surface area (Å²) in [7, 11) is 9.17. The van der Waals surface area contributed by atoms with Gasteiger partial charge in [0.2, 0.25) is 0 Å². The molecule has 0 aliphatic carbocycles. The fourth-order valence-electron chi connectivity index (χ4n) is 14.3. The summed E-state index contributed by atoms with van der Waals surface area (Å²) < 4.78 is 46.1. The summed E-state index contributed by atoms with van der Waals surface area (Å²) in [5.74, 6) is -0.578. The van der Waals surface area contributed by atoms with Crippen LogP contribution in [0.25, 0.3) is 65.4 Å². The first-order valence-electron chi connectivity index (χ1n) is 43.8. The van der Waals surface area contributed by atoms with Crippen molar-refractivity contribution in [1.29, 1.82) is 0 Å². The molecule has 0 unspecified atom stereocenters. The number of para-hydroxylation sites is 3. The molecule has 0 fully saturated rings. The van der Waals surface area contributed by atoms with Crippen LogP contribution in [0.2, 0.25) is 30.1 Å². The largest absolute Gasteiger partial charge is 1.00 e. The van der Waals surface area contributed by atoms with Crippen molar-refractivity contribution in [3.63, 3.8) is 0 Å². The molecular weight excluding hydrogens is 2180 g/mol. The number of carbonyl (C=O) groups is 5. The Morgan fingerprint density at radius 3 is 1.13 bits per heavy atom. The van der Waals surface area contributed by atoms with E-state index in [4.69, 9.17) is 119 Å². The molecule has 0 saturated carbocycles. The molecule has 14 rings (SSSR count). The number of carboxylic acids is 3. The van der Waals surface area contributed by atoms with Crippen molar-refractivity contribution in [1.82, 2.24) is 14.1 Å². The Kier molecular flexibility index (Phi) is 47.3. The van der Waals surface area contributed by atoms with E-state index in [1.54, 1.807) is 140 Å². The molecule has 3 aromatic heterocycles. The fraction of sp³-hybridized carbons (Fsp3) is 0.308. The van der Waals surface area contributed by atoms with Gasteiger partial charge in [-0.3, -0.25) is 28.8 Å². The molecule has 143 heavy (non-hydrogen) atoms. The Bertz CT molecular complexity index is 7020. The van der Waals surface area contributed by atoms with Crippen LogP contribution in [0.3, 0.4) is 0 Å². The first-order chi connectivity index (χ1) is 65.5. The predicted molar refractivity (Wildman–Crippen MR) is 593 cm³/mol. The standard InChI is InChI=1S/C22H24ClNO4.C20H20ClNO4.C18H20ClNO3.C18H18ClNO2.C11H15NO2.C7H6ClIO.C7H8ClNO.C4H7IO2.Li.2H2O/c1-6-28-18(25)12-24-17-11-13(22(2,3)4)7-8-14(17)20(26)15-9-10-16(23)21(27-5)19(15)24;1-20(2,3)11-5-6-12-15(9-11)22(10-16(23)24)17-13(18(12)25)7-8-14(21)19(17)26-4;1-18(2,3)11-8-9-12(17(21)22)15(10-11)20-14-7-5-6-13(19)16(14)23-4;1-18(2,3)10-5-6-11-14(9-10)20-15-12(16(11)21)7-8-13(19)17(15)22-4;1-11(2,3)7-4-5-8(10(13)14)9(12)6-7;2*1-10-7-5(8)3-2-4-6(7)9;1-2-7-4(6)3-5;;;/h7-11H,6,12H2,1-5H3;5-9H,10H2,1-4H3,(H,23,24);5-10,20H,1-4H3,(H,21,22);5-9H,1-4H3,(H,20,21);4-6H,12H2,1-3H3,(H,13,14);2-4H,1H3;2-4H,9H2,1H3;2-3H2,1H3;;2*1H2/q;;;;;;;;+1;;/p-1. The second-order valence-electron chi connectivity index (χ2n) is 36.6. The molecule has 0 atom stereocenters. The van der Waals surface area contributed by atoms with Gasteiger partial charge >= 0.3 is 48.7 Å². The zero-order valence-electron chi connectivity index (χ0n) is 84.2. The van der Waals surface area contributed by atoms with Crippen molar-refractivity contribution in [2.24, 2.45) is 0 Å². The predicted octanol–water partition coefficient (Wildman–Crippen LogP) is 22.7. The van der Waals surface area contributed by atoms with E-state index < -0.39 is 23.9 Å². The normalized spacial score (nSPS) is 11.0. The Hall–Kier alpha value is -10.9. The van der Waals surface area contributed by atoms with Gasteiger partial charge in [-0.1, -0.05) is 245 Å². The Morgan fingerprint density at radius 2 is 0.741 bits per heavy atom. The molecule has 3 heterocycles. The molecule has 0 bridgehead atoms. The maximum Gasteiger partial charge on any atom is 1.00 e. The smallest absolute Gasteiger partial charge is 0.870 e. The van der Waals surface area contributed by atoms with Crippen LogP contribution in [0.5, 0.6) is 34.5 Å². The number of aromatic nitrogens is 3. The number of nitrogens with one attached hydrogen (secondary N) is 2. The number of aromatic amines is 1. The second kappa shape index (κ2) is 54.3. The van der Waals surface area contributed by atoms with Crippen molar-refractivity contribution >= 4 is 233 Å². The zero-order valence-corrected chi connectivity index (χ0v) is 93.1. The third kappa shape index (κ3) is 32.0. The van der Waals surface area contributed by atoms with E-state index in [0.29, 0.717) is 153 Å². The van der Waals surface area contributed by atoms with Crippen LogP contribution in [0, 0.1) is 3.57 Å². The number of anilines is 4. The van der Waals surface area contributed by atoms with Gasteiger partial charge in [0, 0.05) is 21.8 Å². The first-order valence-corrected chi connectivity index (χ1v) is 48.7. The number of pyridine rings is 3. The molecule has 0 spiro atoms. The van der Waals surface area contributed by atoms with Crippen molar-refractivity contribution in [2.45, 2.75) is 158 Å². The molecule has 0 amide bonds. The maximum atomic E-state index is 13.2. The van der Waals surface area contributed by atoms with Crippen molar-refractivity contribution in [2.75, 3.05) is 77.1 Å². The number of aliphatic carboxylic acids is 1. The van der Waals surface area contributed by atoms with E-state index in [9.17, 15) is 48.6 Å². The number of esters is 2. The molecular formula is C107H121Cl6I2LiN6O21. The van der Waals surface area contributed by atoms with Crippen LogP contribution in [0.4, 0.5) is 22.7 Å². The number of nitrogen functional groups attached to an aromatic ring is 2. The number of aromatic carboxylic acids is 2. The number of hydrogen-bond donors (Lipinski definition) is 7. The van der Waals surface area contributed by atoms with Gasteiger partial charge in [-0.2, -0.15) is 0 Å². The summed E-state index contributed by atoms with van der Waals surface area (Å²) in [6.07, 6.45) is 0. The van der Waals surface area contributed by atoms with Crippen LogP contribution in [-0.2, 0) is 64.0 Å². The summed E-state index contributed by atoms with van der Waals surface area (Å²) in [5.41, 5.74) is 21.7. The van der Waals surface area contributed by atoms with Crippen LogP contribution in [0.15, 0.2) is 196 Å². The SMILES string of the molecule is CC(C)(C)c1ccc(C(=O)O)c(N)c1.CCOC(=O)CI.CCOC(=O)Cn1c2cc(C(C)(C)C)ccc2c(=O)c2ccc(Cl)c(OC)c21.COc1c(Cl)ccc2c(=O)c3ccc(C(C)(C)C)cc3[nH]c12.COc1c(Cl)ccc2c(=O)c3ccc(C(C)(C)C)cc3n(CC(=O)O)c12.COc1c(Cl)cccc1I.COc1c(Cl)cccc1Nc1cc(C(C)(C)C)ccc1C(=O)O.COc1c(N)cccc1Cl.O.[Li+].[OH-]. The van der Waals surface area contributed by atoms with Gasteiger partial charge in [0.25, 0.3) is 0 Å². The molecule has 762 valence electrons. The van der Waals surface area contributed by atoms with Crippen LogP contribution >= 0.6 is 115 Å². The Balaban J connectivity index is 0.000000351. The zero-order chi connectivity index (χ0) is 105. The minimum Gasteiger partial charge on any atom is -0.870 e. The van der Waals surface area contributed by atoms with E-state index >= 15 is 0 Å². The number of alkyl halides is 1. The first kappa shape index (κ1) is 124. The minimum atomic E-state index is -1.01. The number of rotatable bonds is 17. The number of halogens is 8. The Labute approximate surface area is 900 Å². The number of fused-ring (bicyclic) bond motifs is 6. The van der Waals surface area contributed by atoms with Gasteiger partial charge in [-0.05, 0) is 225 Å². The summed E-state index contributed by atoms with van der Waals surface area (Å²) in [4.78, 5) is 98.5. The summed E-state index contributed by atoms with van der Waals surface area (Å²) in [6.45, 7) is 35.3. The number of carbonyl (C=O) groups excluding carboxylic acids is 2. The number of hydrogen-bond acceptors (Lipinski definition) is 20. The van der Waals surface area contributed by atoms with Gasteiger partial charge in [-0.25, -0.2) is 9.59 Å². The number of carboxylic acid groups (broad SMARTS) is 3. The van der Waals surface area contributed by atoms with Crippen molar-refractivity contribution in [3.8, 4) is 34.5 Å². The number of nitrogens with zero attached hydrogens (tertiary/aromatic N) is 2.